The Morgan fingerprint density at radius 2 is 1.84 bits per heavy atom. The van der Waals surface area contributed by atoms with Gasteiger partial charge in [0.1, 0.15) is 18.0 Å². The van der Waals surface area contributed by atoms with Crippen molar-refractivity contribution >= 4 is 63.8 Å². The number of barbiturate groups is 1. The van der Waals surface area contributed by atoms with Crippen molar-refractivity contribution in [1.29, 1.82) is 0 Å². The largest absolute Gasteiger partial charge is 0.490 e. The molecule has 0 atom stereocenters. The van der Waals surface area contributed by atoms with Gasteiger partial charge in [-0.15, -0.1) is 0 Å². The molecular weight excluding hydrogens is 614 g/mol. The molecule has 1 heterocycles. The van der Waals surface area contributed by atoms with Gasteiger partial charge in [0.05, 0.1) is 15.9 Å². The topological polar surface area (TPSA) is 84.9 Å². The highest BCUT2D eigenvalue weighted by Crippen LogP contribution is 2.36. The van der Waals surface area contributed by atoms with Gasteiger partial charge in [-0.2, -0.15) is 0 Å². The summed E-state index contributed by atoms with van der Waals surface area (Å²) < 4.78 is 26.3. The Kier molecular flexibility index (Phi) is 8.13. The minimum absolute atomic E-state index is 0.0138. The number of carbonyl (C=O) groups excluding carboxylic acids is 3. The Morgan fingerprint density at radius 1 is 1.08 bits per heavy atom. The van der Waals surface area contributed by atoms with E-state index in [-0.39, 0.29) is 23.7 Å². The van der Waals surface area contributed by atoms with Crippen LogP contribution in [0.3, 0.4) is 0 Å². The molecule has 190 valence electrons. The number of hydrogen-bond donors (Lipinski definition) is 1. The lowest BCUT2D eigenvalue weighted by Gasteiger charge is -2.27. The number of urea groups is 1. The molecule has 37 heavy (non-hydrogen) atoms. The molecule has 7 nitrogen and oxygen atoms in total. The molecule has 4 amide bonds. The van der Waals surface area contributed by atoms with Crippen molar-refractivity contribution in [1.82, 2.24) is 5.32 Å². The lowest BCUT2D eigenvalue weighted by Crippen LogP contribution is -2.54. The first-order chi connectivity index (χ1) is 17.7. The molecule has 3 aromatic rings. The average molecular weight is 635 g/mol. The molecule has 1 aliphatic heterocycles. The van der Waals surface area contributed by atoms with Crippen LogP contribution in [0.2, 0.25) is 5.02 Å². The van der Waals surface area contributed by atoms with E-state index in [1.807, 2.05) is 22.6 Å². The summed E-state index contributed by atoms with van der Waals surface area (Å²) in [6.07, 6.45) is 1.38. The molecule has 1 saturated heterocycles. The van der Waals surface area contributed by atoms with Gasteiger partial charge in [-0.3, -0.25) is 14.9 Å². The summed E-state index contributed by atoms with van der Waals surface area (Å²) in [6.45, 7) is 3.78. The quantitative estimate of drug-likeness (QED) is 0.195. The Hall–Kier alpha value is -3.44. The molecule has 0 radical (unpaired) electrons. The zero-order valence-electron chi connectivity index (χ0n) is 19.8. The summed E-state index contributed by atoms with van der Waals surface area (Å²) in [5, 5.41) is 2.58. The summed E-state index contributed by atoms with van der Waals surface area (Å²) in [7, 11) is 0. The lowest BCUT2D eigenvalue weighted by atomic mass is 10.1. The maximum Gasteiger partial charge on any atom is 0.335 e. The Bertz CT molecular complexity index is 1440. The summed E-state index contributed by atoms with van der Waals surface area (Å²) in [6, 6.07) is 13.6. The van der Waals surface area contributed by atoms with E-state index >= 15 is 0 Å². The van der Waals surface area contributed by atoms with Crippen LogP contribution in [0.5, 0.6) is 11.5 Å². The number of carbonyl (C=O) groups is 3. The van der Waals surface area contributed by atoms with Crippen molar-refractivity contribution in [3.05, 3.63) is 91.3 Å². The molecule has 1 N–H and O–H groups in total. The smallest absolute Gasteiger partial charge is 0.335 e. The Balaban J connectivity index is 1.69. The van der Waals surface area contributed by atoms with Crippen molar-refractivity contribution in [3.63, 3.8) is 0 Å². The third kappa shape index (κ3) is 5.62. The summed E-state index contributed by atoms with van der Waals surface area (Å²) in [5.74, 6) is -1.23. The molecule has 0 unspecified atom stereocenters. The predicted octanol–water partition coefficient (Wildman–Crippen LogP) is 6.04. The van der Waals surface area contributed by atoms with E-state index in [0.717, 1.165) is 4.90 Å². The predicted molar refractivity (Wildman–Crippen MR) is 146 cm³/mol. The van der Waals surface area contributed by atoms with Gasteiger partial charge < -0.3 is 9.47 Å². The number of benzene rings is 3. The van der Waals surface area contributed by atoms with Gasteiger partial charge in [0, 0.05) is 10.6 Å². The maximum absolute atomic E-state index is 14.0. The summed E-state index contributed by atoms with van der Waals surface area (Å²) in [5.41, 5.74) is 1.41. The number of anilines is 1. The lowest BCUT2D eigenvalue weighted by molar-refractivity contribution is -0.122. The number of nitrogens with one attached hydrogen (secondary N) is 1. The number of halogens is 3. The normalized spacial score (nSPS) is 14.7. The molecule has 3 aromatic carbocycles. The van der Waals surface area contributed by atoms with Crippen LogP contribution in [0, 0.1) is 16.3 Å². The third-order valence-corrected chi connectivity index (χ3v) is 6.76. The van der Waals surface area contributed by atoms with Crippen LogP contribution < -0.4 is 19.7 Å². The van der Waals surface area contributed by atoms with E-state index in [1.54, 1.807) is 62.4 Å². The van der Waals surface area contributed by atoms with Crippen LogP contribution in [0.4, 0.5) is 14.9 Å². The highest BCUT2D eigenvalue weighted by atomic mass is 127. The van der Waals surface area contributed by atoms with Crippen molar-refractivity contribution in [2.45, 2.75) is 20.5 Å². The highest BCUT2D eigenvalue weighted by Gasteiger charge is 2.37. The Labute approximate surface area is 231 Å². The highest BCUT2D eigenvalue weighted by molar-refractivity contribution is 14.1. The number of imide groups is 2. The van der Waals surface area contributed by atoms with Crippen molar-refractivity contribution < 1.29 is 28.2 Å². The van der Waals surface area contributed by atoms with Crippen LogP contribution in [-0.4, -0.2) is 24.5 Å². The second-order valence-electron chi connectivity index (χ2n) is 7.98. The zero-order valence-corrected chi connectivity index (χ0v) is 22.7. The fraction of sp³-hybridized carbons (Fsp3) is 0.148. The minimum Gasteiger partial charge on any atom is -0.490 e. The number of rotatable bonds is 7. The number of hydrogen-bond acceptors (Lipinski definition) is 5. The molecule has 0 bridgehead atoms. The summed E-state index contributed by atoms with van der Waals surface area (Å²) in [4.78, 5) is 39.4. The fourth-order valence-electron chi connectivity index (χ4n) is 3.72. The van der Waals surface area contributed by atoms with E-state index in [9.17, 15) is 18.8 Å². The first-order valence-electron chi connectivity index (χ1n) is 11.2. The molecule has 10 heteroatoms. The van der Waals surface area contributed by atoms with Gasteiger partial charge >= 0.3 is 6.03 Å². The van der Waals surface area contributed by atoms with Crippen molar-refractivity contribution in [2.24, 2.45) is 0 Å². The zero-order chi connectivity index (χ0) is 26.7. The van der Waals surface area contributed by atoms with Crippen molar-refractivity contribution in [3.8, 4) is 11.5 Å². The minimum atomic E-state index is -0.862. The van der Waals surface area contributed by atoms with Crippen molar-refractivity contribution in [2.75, 3.05) is 11.5 Å². The van der Waals surface area contributed by atoms with Gasteiger partial charge in [0.15, 0.2) is 11.5 Å². The first-order valence-corrected chi connectivity index (χ1v) is 12.7. The summed E-state index contributed by atoms with van der Waals surface area (Å²) >= 11 is 8.22. The molecule has 0 aromatic heterocycles. The van der Waals surface area contributed by atoms with Gasteiger partial charge in [-0.05, 0) is 84.0 Å². The van der Waals surface area contributed by atoms with Gasteiger partial charge in [-0.1, -0.05) is 35.9 Å². The van der Waals surface area contributed by atoms with Gasteiger partial charge in [-0.25, -0.2) is 14.1 Å². The van der Waals surface area contributed by atoms with Crippen LogP contribution in [0.25, 0.3) is 6.08 Å². The Morgan fingerprint density at radius 3 is 2.57 bits per heavy atom. The fourth-order valence-corrected chi connectivity index (χ4v) is 4.67. The third-order valence-electron chi connectivity index (χ3n) is 5.55. The first kappa shape index (κ1) is 26.6. The average Bonchev–Trinajstić information content (AvgIpc) is 2.85. The van der Waals surface area contributed by atoms with Crippen LogP contribution >= 0.6 is 34.2 Å². The molecule has 0 aliphatic carbocycles. The van der Waals surface area contributed by atoms with Crippen LogP contribution in [-0.2, 0) is 16.2 Å². The molecule has 1 fully saturated rings. The SMILES string of the molecule is CCOc1cc(/C=C2\C(=O)NC(=O)N(c3cccc(Cl)c3C)C2=O)cc(I)c1OCc1ccccc1F. The molecule has 0 saturated carbocycles. The molecule has 4 rings (SSSR count). The maximum atomic E-state index is 14.0. The second-order valence-corrected chi connectivity index (χ2v) is 9.55. The van der Waals surface area contributed by atoms with Gasteiger partial charge in [0.2, 0.25) is 0 Å². The van der Waals surface area contributed by atoms with E-state index in [0.29, 0.717) is 43.4 Å². The van der Waals surface area contributed by atoms with Gasteiger partial charge in [0.25, 0.3) is 11.8 Å². The molecule has 1 aliphatic rings. The van der Waals surface area contributed by atoms with Crippen LogP contribution in [0.15, 0.2) is 60.2 Å². The van der Waals surface area contributed by atoms with E-state index < -0.39 is 17.8 Å². The van der Waals surface area contributed by atoms with E-state index in [4.69, 9.17) is 21.1 Å². The van der Waals surface area contributed by atoms with Crippen LogP contribution in [0.1, 0.15) is 23.6 Å². The van der Waals surface area contributed by atoms with E-state index in [2.05, 4.69) is 5.32 Å². The molecule has 0 spiro atoms. The standard InChI is InChI=1S/C27H21ClFIN2O5/c1-3-36-23-13-16(12-21(30)24(23)37-14-17-7-4-5-9-20(17)29)11-18-25(33)31-27(35)32(26(18)34)22-10-6-8-19(28)15(22)2/h4-13H,3,14H2,1-2H3,(H,31,33,35)/b18-11+. The second kappa shape index (κ2) is 11.3. The number of amides is 4. The molecular formula is C27H21ClFIN2O5. The number of nitrogens with zero attached hydrogens (tertiary/aromatic N) is 1. The van der Waals surface area contributed by atoms with E-state index in [1.165, 1.54) is 12.1 Å². The number of ether oxygens (including phenoxy) is 2. The monoisotopic (exact) mass is 634 g/mol.